The van der Waals surface area contributed by atoms with Gasteiger partial charge in [0.2, 0.25) is 0 Å². The second kappa shape index (κ2) is 4.76. The number of rotatable bonds is 2. The zero-order valence-electron chi connectivity index (χ0n) is 9.00. The summed E-state index contributed by atoms with van der Waals surface area (Å²) in [4.78, 5) is 24.2. The van der Waals surface area contributed by atoms with Gasteiger partial charge in [0.05, 0.1) is 6.07 Å². The van der Waals surface area contributed by atoms with Gasteiger partial charge in [0.15, 0.2) is 6.04 Å². The van der Waals surface area contributed by atoms with Crippen LogP contribution in [0, 0.1) is 11.3 Å². The van der Waals surface area contributed by atoms with Crippen LogP contribution < -0.4 is 0 Å². The number of nitrogens with zero attached hydrogens (tertiary/aromatic N) is 2. The predicted molar refractivity (Wildman–Crippen MR) is 57.5 cm³/mol. The SMILES string of the molecule is N#CC(c1ccccc1)N1C(=O)COCC1=O. The second-order valence-corrected chi connectivity index (χ2v) is 3.59. The van der Waals surface area contributed by atoms with E-state index in [1.165, 1.54) is 0 Å². The molecule has 5 nitrogen and oxygen atoms in total. The van der Waals surface area contributed by atoms with Crippen LogP contribution in [0.4, 0.5) is 0 Å². The molecular weight excluding hydrogens is 220 g/mol. The largest absolute Gasteiger partial charge is 0.362 e. The number of imide groups is 1. The Labute approximate surface area is 98.2 Å². The van der Waals surface area contributed by atoms with Gasteiger partial charge in [-0.15, -0.1) is 0 Å². The molecule has 1 saturated heterocycles. The molecule has 2 rings (SSSR count). The minimum atomic E-state index is -0.875. The average molecular weight is 230 g/mol. The van der Waals surface area contributed by atoms with Crippen LogP contribution in [0.2, 0.25) is 0 Å². The van der Waals surface area contributed by atoms with Gasteiger partial charge in [-0.2, -0.15) is 5.26 Å². The molecule has 0 saturated carbocycles. The monoisotopic (exact) mass is 230 g/mol. The Hall–Kier alpha value is -2.19. The first kappa shape index (κ1) is 11.3. The van der Waals surface area contributed by atoms with E-state index < -0.39 is 17.9 Å². The lowest BCUT2D eigenvalue weighted by Crippen LogP contribution is -2.47. The Bertz CT molecular complexity index is 462. The van der Waals surface area contributed by atoms with Crippen molar-refractivity contribution in [2.45, 2.75) is 6.04 Å². The molecule has 1 fully saturated rings. The van der Waals surface area contributed by atoms with Gasteiger partial charge in [-0.25, -0.2) is 0 Å². The number of ether oxygens (including phenoxy) is 1. The Morgan fingerprint density at radius 1 is 1.18 bits per heavy atom. The fourth-order valence-corrected chi connectivity index (χ4v) is 1.71. The Balaban J connectivity index is 2.33. The Kier molecular flexibility index (Phi) is 3.17. The summed E-state index contributed by atoms with van der Waals surface area (Å²) in [5.74, 6) is -0.951. The fourth-order valence-electron chi connectivity index (χ4n) is 1.71. The normalized spacial score (nSPS) is 17.7. The summed E-state index contributed by atoms with van der Waals surface area (Å²) in [6.07, 6.45) is 0. The van der Waals surface area contributed by atoms with Gasteiger partial charge >= 0.3 is 0 Å². The number of carbonyl (C=O) groups is 2. The maximum atomic E-state index is 11.6. The highest BCUT2D eigenvalue weighted by Crippen LogP contribution is 2.21. The van der Waals surface area contributed by atoms with E-state index in [2.05, 4.69) is 0 Å². The maximum absolute atomic E-state index is 11.6. The van der Waals surface area contributed by atoms with E-state index in [0.29, 0.717) is 5.56 Å². The number of carbonyl (C=O) groups excluding carboxylic acids is 2. The van der Waals surface area contributed by atoms with Gasteiger partial charge in [-0.3, -0.25) is 14.5 Å². The number of benzene rings is 1. The Morgan fingerprint density at radius 3 is 2.29 bits per heavy atom. The summed E-state index contributed by atoms with van der Waals surface area (Å²) < 4.78 is 4.80. The van der Waals surface area contributed by atoms with Gasteiger partial charge in [-0.1, -0.05) is 30.3 Å². The molecule has 0 spiro atoms. The molecule has 5 heteroatoms. The van der Waals surface area contributed by atoms with E-state index in [0.717, 1.165) is 4.90 Å². The summed E-state index contributed by atoms with van der Waals surface area (Å²) >= 11 is 0. The third-order valence-corrected chi connectivity index (χ3v) is 2.48. The number of nitriles is 1. The van der Waals surface area contributed by atoms with Gasteiger partial charge in [0.25, 0.3) is 11.8 Å². The molecule has 1 heterocycles. The van der Waals surface area contributed by atoms with E-state index in [4.69, 9.17) is 10.00 Å². The van der Waals surface area contributed by atoms with E-state index in [1.54, 1.807) is 30.3 Å². The molecule has 1 atom stereocenters. The van der Waals surface area contributed by atoms with Crippen LogP contribution in [-0.4, -0.2) is 29.9 Å². The van der Waals surface area contributed by atoms with Gasteiger partial charge in [0, 0.05) is 0 Å². The first-order chi connectivity index (χ1) is 8.24. The van der Waals surface area contributed by atoms with Crippen molar-refractivity contribution >= 4 is 11.8 Å². The van der Waals surface area contributed by atoms with Crippen molar-refractivity contribution in [1.82, 2.24) is 4.90 Å². The van der Waals surface area contributed by atoms with Crippen molar-refractivity contribution in [2.24, 2.45) is 0 Å². The molecule has 86 valence electrons. The van der Waals surface area contributed by atoms with Gasteiger partial charge in [-0.05, 0) is 5.56 Å². The lowest BCUT2D eigenvalue weighted by Gasteiger charge is -2.28. The zero-order chi connectivity index (χ0) is 12.3. The van der Waals surface area contributed by atoms with E-state index in [-0.39, 0.29) is 13.2 Å². The van der Waals surface area contributed by atoms with Gasteiger partial charge < -0.3 is 4.74 Å². The van der Waals surface area contributed by atoms with Crippen molar-refractivity contribution in [3.63, 3.8) is 0 Å². The quantitative estimate of drug-likeness (QED) is 0.699. The van der Waals surface area contributed by atoms with Gasteiger partial charge in [0.1, 0.15) is 13.2 Å². The molecule has 2 amide bonds. The Morgan fingerprint density at radius 2 is 1.76 bits per heavy atom. The minimum Gasteiger partial charge on any atom is -0.362 e. The molecule has 0 aliphatic carbocycles. The second-order valence-electron chi connectivity index (χ2n) is 3.59. The number of hydrogen-bond donors (Lipinski definition) is 0. The first-order valence-electron chi connectivity index (χ1n) is 5.11. The van der Waals surface area contributed by atoms with Crippen molar-refractivity contribution in [1.29, 1.82) is 5.26 Å². The van der Waals surface area contributed by atoms with Crippen LogP contribution in [-0.2, 0) is 14.3 Å². The molecule has 1 aromatic rings. The molecule has 1 aliphatic rings. The highest BCUT2D eigenvalue weighted by atomic mass is 16.5. The molecule has 0 radical (unpaired) electrons. The standard InChI is InChI=1S/C12H10N2O3/c13-6-10(9-4-2-1-3-5-9)14-11(15)7-17-8-12(14)16/h1-5,10H,7-8H2. The van der Waals surface area contributed by atoms with Crippen LogP contribution in [0.5, 0.6) is 0 Å². The molecule has 0 bridgehead atoms. The van der Waals surface area contributed by atoms with Crippen molar-refractivity contribution < 1.29 is 14.3 Å². The van der Waals surface area contributed by atoms with Crippen LogP contribution in [0.25, 0.3) is 0 Å². The van der Waals surface area contributed by atoms with Crippen LogP contribution >= 0.6 is 0 Å². The van der Waals surface area contributed by atoms with E-state index >= 15 is 0 Å². The lowest BCUT2D eigenvalue weighted by molar-refractivity contribution is -0.160. The highest BCUT2D eigenvalue weighted by molar-refractivity contribution is 5.99. The van der Waals surface area contributed by atoms with E-state index in [9.17, 15) is 9.59 Å². The zero-order valence-corrected chi connectivity index (χ0v) is 9.00. The molecule has 0 N–H and O–H groups in total. The number of morpholine rings is 1. The number of amides is 2. The summed E-state index contributed by atoms with van der Waals surface area (Å²) in [5.41, 5.74) is 0.624. The molecule has 1 unspecified atom stereocenters. The third-order valence-electron chi connectivity index (χ3n) is 2.48. The fraction of sp³-hybridized carbons (Fsp3) is 0.250. The molecule has 0 aromatic heterocycles. The first-order valence-corrected chi connectivity index (χ1v) is 5.11. The highest BCUT2D eigenvalue weighted by Gasteiger charge is 2.34. The van der Waals surface area contributed by atoms with Crippen molar-refractivity contribution in [3.8, 4) is 6.07 Å². The minimum absolute atomic E-state index is 0.156. The van der Waals surface area contributed by atoms with Crippen LogP contribution in [0.15, 0.2) is 30.3 Å². The molecular formula is C12H10N2O3. The third kappa shape index (κ3) is 2.17. The molecule has 1 aliphatic heterocycles. The topological polar surface area (TPSA) is 70.4 Å². The van der Waals surface area contributed by atoms with Crippen LogP contribution in [0.1, 0.15) is 11.6 Å². The van der Waals surface area contributed by atoms with Crippen LogP contribution in [0.3, 0.4) is 0 Å². The molecule has 1 aromatic carbocycles. The maximum Gasteiger partial charge on any atom is 0.256 e. The average Bonchev–Trinajstić information content (AvgIpc) is 2.35. The lowest BCUT2D eigenvalue weighted by atomic mass is 10.1. The number of hydrogen-bond acceptors (Lipinski definition) is 4. The summed E-state index contributed by atoms with van der Waals surface area (Å²) in [7, 11) is 0. The van der Waals surface area contributed by atoms with E-state index in [1.807, 2.05) is 6.07 Å². The predicted octanol–water partition coefficient (Wildman–Crippen LogP) is 0.637. The summed E-state index contributed by atoms with van der Waals surface area (Å²) in [5, 5.41) is 9.13. The van der Waals surface area contributed by atoms with Crippen molar-refractivity contribution in [2.75, 3.05) is 13.2 Å². The summed E-state index contributed by atoms with van der Waals surface area (Å²) in [6.45, 7) is -0.312. The molecule has 17 heavy (non-hydrogen) atoms. The summed E-state index contributed by atoms with van der Waals surface area (Å²) in [6, 6.07) is 9.85. The van der Waals surface area contributed by atoms with Crippen molar-refractivity contribution in [3.05, 3.63) is 35.9 Å². The smallest absolute Gasteiger partial charge is 0.256 e.